The smallest absolute Gasteiger partial charge is 0.331 e. The number of hydrogen-bond donors (Lipinski definition) is 6. The lowest BCUT2D eigenvalue weighted by atomic mass is 9.31. The van der Waals surface area contributed by atoms with E-state index < -0.39 is 86.9 Å². The van der Waals surface area contributed by atoms with Gasteiger partial charge in [0.25, 0.3) is 0 Å². The van der Waals surface area contributed by atoms with Crippen LogP contribution in [0.15, 0.2) is 96.6 Å². The summed E-state index contributed by atoms with van der Waals surface area (Å²) in [7, 11) is 1.94. The summed E-state index contributed by atoms with van der Waals surface area (Å²) in [5.74, 6) is 12.1. The molecule has 0 amide bonds. The molecule has 18 rings (SSSR count). The van der Waals surface area contributed by atoms with Gasteiger partial charge < -0.3 is 45.1 Å². The number of carbonyl (C=O) groups excluding carboxylic acids is 2. The van der Waals surface area contributed by atoms with Crippen LogP contribution in [0.2, 0.25) is 0 Å². The van der Waals surface area contributed by atoms with Crippen LogP contribution in [0.1, 0.15) is 136 Å². The van der Waals surface area contributed by atoms with E-state index in [2.05, 4.69) is 95.7 Å². The van der Waals surface area contributed by atoms with Crippen molar-refractivity contribution >= 4 is 12.3 Å². The quantitative estimate of drug-likeness (QED) is 0.0628. The summed E-state index contributed by atoms with van der Waals surface area (Å²) in [4.78, 5) is 30.3. The van der Waals surface area contributed by atoms with Gasteiger partial charge in [0, 0.05) is 70.9 Å². The monoisotopic (exact) mass is 1160 g/mol. The molecule has 3 aromatic rings. The molecular weight excluding hydrogens is 1070 g/mol. The number of likely N-dealkylation sites (N-methyl/N-ethyl adjacent to an activating group) is 1. The number of nitrogens with one attached hydrogen (secondary N) is 1. The van der Waals surface area contributed by atoms with Crippen molar-refractivity contribution in [3.63, 3.8) is 0 Å². The summed E-state index contributed by atoms with van der Waals surface area (Å²) in [5.41, 5.74) is -2.21. The lowest BCUT2D eigenvalue weighted by molar-refractivity contribution is -0.397. The number of hydrogen-bond acceptors (Lipinski definition) is 10. The van der Waals surface area contributed by atoms with Gasteiger partial charge in [0.15, 0.2) is 0 Å². The van der Waals surface area contributed by atoms with Crippen LogP contribution in [-0.4, -0.2) is 92.1 Å². The minimum atomic E-state index is -2.34. The van der Waals surface area contributed by atoms with Crippen LogP contribution >= 0.6 is 0 Å². The average Bonchev–Trinajstić information content (AvgIpc) is 1.20. The molecule has 3 aromatic carbocycles. The van der Waals surface area contributed by atoms with E-state index in [0.717, 1.165) is 92.8 Å². The lowest BCUT2D eigenvalue weighted by Gasteiger charge is -2.76. The van der Waals surface area contributed by atoms with Crippen LogP contribution in [0.5, 0.6) is 0 Å². The molecule has 3 heterocycles. The van der Waals surface area contributed by atoms with Crippen molar-refractivity contribution in [2.75, 3.05) is 7.05 Å². The zero-order valence-corrected chi connectivity index (χ0v) is 50.0. The maximum Gasteiger partial charge on any atom is 0.331 e. The van der Waals surface area contributed by atoms with Gasteiger partial charge in [-0.2, -0.15) is 0 Å². The van der Waals surface area contributed by atoms with Gasteiger partial charge in [0.1, 0.15) is 23.6 Å². The van der Waals surface area contributed by atoms with Crippen LogP contribution in [0, 0.1) is 129 Å². The van der Waals surface area contributed by atoms with Gasteiger partial charge in [-0.3, -0.25) is 0 Å². The largest absolute Gasteiger partial charge is 0.454 e. The fourth-order valence-corrected chi connectivity index (χ4v) is 25.3. The molecule has 1 saturated heterocycles. The van der Waals surface area contributed by atoms with Crippen LogP contribution in [0.25, 0.3) is 0 Å². The first-order valence-corrected chi connectivity index (χ1v) is 33.8. The molecule has 9 fully saturated rings. The number of aldehydes is 1. The third-order valence-corrected chi connectivity index (χ3v) is 28.1. The zero-order chi connectivity index (χ0) is 58.3. The molecule has 450 valence electrons. The van der Waals surface area contributed by atoms with Gasteiger partial charge in [-0.1, -0.05) is 96.6 Å². The number of esters is 1. The van der Waals surface area contributed by atoms with Gasteiger partial charge in [-0.05, 0) is 221 Å². The van der Waals surface area contributed by atoms with E-state index in [1.807, 2.05) is 25.2 Å². The molecular formula is C76H87NO9. The van der Waals surface area contributed by atoms with Gasteiger partial charge in [0.05, 0.1) is 35.9 Å². The number of ether oxygens (including phenoxy) is 2. The summed E-state index contributed by atoms with van der Waals surface area (Å²) < 4.78 is 14.5. The van der Waals surface area contributed by atoms with E-state index in [1.54, 1.807) is 6.08 Å². The second kappa shape index (κ2) is 19.8. The second-order valence-electron chi connectivity index (χ2n) is 31.1. The number of aliphatic hydroxyl groups excluding tert-OH is 2. The number of benzene rings is 3. The predicted molar refractivity (Wildman–Crippen MR) is 324 cm³/mol. The number of aliphatic hydroxyl groups is 5. The van der Waals surface area contributed by atoms with Crippen molar-refractivity contribution in [2.24, 2.45) is 105 Å². The Morgan fingerprint density at radius 3 is 2.50 bits per heavy atom. The van der Waals surface area contributed by atoms with Crippen LogP contribution in [-0.2, 0) is 51.4 Å². The normalized spacial score (nSPS) is 49.2. The van der Waals surface area contributed by atoms with Gasteiger partial charge in [-0.15, -0.1) is 5.92 Å². The maximum absolute atomic E-state index is 16.1. The molecule has 17 bridgehead atoms. The molecule has 10 heteroatoms. The van der Waals surface area contributed by atoms with E-state index in [4.69, 9.17) is 9.47 Å². The predicted octanol–water partition coefficient (Wildman–Crippen LogP) is 9.23. The molecule has 10 nitrogen and oxygen atoms in total. The first kappa shape index (κ1) is 55.2. The van der Waals surface area contributed by atoms with Crippen molar-refractivity contribution in [3.8, 4) is 23.7 Å². The molecule has 26 atom stereocenters. The highest BCUT2D eigenvalue weighted by Gasteiger charge is 2.89. The Hall–Kier alpha value is -4.88. The third kappa shape index (κ3) is 7.42. The molecule has 3 aliphatic heterocycles. The van der Waals surface area contributed by atoms with Gasteiger partial charge in [-0.25, -0.2) is 4.79 Å². The topological polar surface area (TPSA) is 166 Å². The molecule has 86 heavy (non-hydrogen) atoms. The zero-order valence-electron chi connectivity index (χ0n) is 50.0. The number of fused-ring (bicyclic) bond motifs is 11. The van der Waals surface area contributed by atoms with Crippen LogP contribution in [0.3, 0.4) is 0 Å². The highest BCUT2D eigenvalue weighted by molar-refractivity contribution is 5.86. The summed E-state index contributed by atoms with van der Waals surface area (Å²) in [6.45, 7) is -0.141. The fourth-order valence-electron chi connectivity index (χ4n) is 25.3. The van der Waals surface area contributed by atoms with Gasteiger partial charge >= 0.3 is 5.97 Å². The van der Waals surface area contributed by atoms with Crippen LogP contribution in [0.4, 0.5) is 0 Å². The maximum atomic E-state index is 16.1. The van der Waals surface area contributed by atoms with Crippen molar-refractivity contribution in [1.82, 2.24) is 5.32 Å². The van der Waals surface area contributed by atoms with E-state index in [0.29, 0.717) is 63.2 Å². The molecule has 0 aromatic heterocycles. The Balaban J connectivity index is 0.909. The lowest BCUT2D eigenvalue weighted by Crippen LogP contribution is -2.88. The van der Waals surface area contributed by atoms with Crippen molar-refractivity contribution in [2.45, 2.75) is 182 Å². The molecule has 6 N–H and O–H groups in total. The minimum absolute atomic E-state index is 0.0567. The van der Waals surface area contributed by atoms with E-state index in [1.165, 1.54) is 16.7 Å². The van der Waals surface area contributed by atoms with E-state index >= 15 is 20.1 Å². The van der Waals surface area contributed by atoms with Gasteiger partial charge in [0.2, 0.25) is 0 Å². The van der Waals surface area contributed by atoms with Crippen molar-refractivity contribution < 1.29 is 44.6 Å². The number of allylic oxidation sites excluding steroid dienone is 2. The Bertz CT molecular complexity index is 3460. The Kier molecular flexibility index (Phi) is 12.7. The summed E-state index contributed by atoms with van der Waals surface area (Å²) in [5, 5.41) is 75.5. The standard InChI is InChI=1S/C76H87NO9/c1-77-64-35-58-47(16-8-20-52(58)40-78)15-5-6-24-72-38-51-19-9-17-48(27-43-11-3-2-4-12-43)53-30-55-33-56-29-45-14-7-13-44(25-45)26-46-22-23-50(28-46)57-21-10-18-49-32-63-70(85-56)71(55,37-53)41-73(42-79)68(51)76(84,69(81)62(34-59(49)57)75(63,73)83)74(72,82)39-54-31-60(64)67-61(66(54)72)36-65(80)86-67/h2-4,7-8,10-14,16,18,20,25,36,42,46,48-51,53-57,59-60,62-64,66-70,77-78,81-84H,6,17,21-24,26-35,37-41H2,1H3/t46-,48+,49-,50-,51-,53+,54+,55+,56-,57+,59+,60+,62+,63+,64-,66-,67-,68-,69-,70-,71-,72-,73+,74-,75+,76-/m1/s1. The van der Waals surface area contributed by atoms with E-state index in [9.17, 15) is 15.0 Å². The summed E-state index contributed by atoms with van der Waals surface area (Å²) >= 11 is 0. The Morgan fingerprint density at radius 2 is 1.66 bits per heavy atom. The first-order chi connectivity index (χ1) is 41.8. The summed E-state index contributed by atoms with van der Waals surface area (Å²) in [6, 6.07) is 25.8. The fraction of sp³-hybridized carbons (Fsp3) is 0.632. The van der Waals surface area contributed by atoms with Crippen molar-refractivity contribution in [1.29, 1.82) is 0 Å². The summed E-state index contributed by atoms with van der Waals surface area (Å²) in [6.07, 6.45) is 18.6. The van der Waals surface area contributed by atoms with Crippen molar-refractivity contribution in [3.05, 3.63) is 130 Å². The average molecular weight is 1160 g/mol. The highest BCUT2D eigenvalue weighted by Crippen LogP contribution is 2.82. The highest BCUT2D eigenvalue weighted by atomic mass is 16.5. The first-order valence-electron chi connectivity index (χ1n) is 33.8. The second-order valence-corrected chi connectivity index (χ2v) is 31.1. The number of rotatable bonds is 5. The Labute approximate surface area is 507 Å². The minimum Gasteiger partial charge on any atom is -0.454 e. The Morgan fingerprint density at radius 1 is 0.814 bits per heavy atom. The SMILES string of the molecule is CN[C@@H]1Cc2c(cccc2CO)C#CCC[C@]23C[C@H]4C#CC[C@@H](Cc5ccccc5)[C@H]5C[C@H]6C[C@H]7Cc8cccc(c8)C[C@H]8CC[C@H](C8)[C@@H]8CC=C[C@@H]9C[C@H]%10[C@@H](O7)[C@]6(C5)C[C@]5(C=O)[C@@H]4[C@@](O)([C@H](O)[C@H](C[C@H]89)[C@]%105O)[C@@]2(O)C[C@@H]2C[C@@H]1[C@H]1OC(=O)C=C1[C@@H]23. The third-order valence-electron chi connectivity index (χ3n) is 28.1. The van der Waals surface area contributed by atoms with E-state index in [-0.39, 0.29) is 78.9 Å². The molecule has 12 aliphatic carbocycles. The molecule has 8 saturated carbocycles. The molecule has 15 aliphatic rings. The molecule has 0 radical (unpaired) electrons. The van der Waals surface area contributed by atoms with Crippen LogP contribution < -0.4 is 5.32 Å². The molecule has 2 spiro atoms. The number of carbonyl (C=O) groups is 2. The molecule has 0 unspecified atom stereocenters.